The lowest BCUT2D eigenvalue weighted by molar-refractivity contribution is -0.116. The van der Waals surface area contributed by atoms with E-state index < -0.39 is 23.8 Å². The number of rotatable bonds is 26. The first kappa shape index (κ1) is 43.4. The highest BCUT2D eigenvalue weighted by molar-refractivity contribution is 5.97. The summed E-state index contributed by atoms with van der Waals surface area (Å²) >= 11 is 0. The predicted octanol–water partition coefficient (Wildman–Crippen LogP) is 5.64. The number of isocyanates is 2. The van der Waals surface area contributed by atoms with Crippen molar-refractivity contribution in [3.05, 3.63) is 0 Å². The van der Waals surface area contributed by atoms with E-state index in [1.165, 1.54) is 12.2 Å². The molecule has 0 aromatic rings. The minimum absolute atomic E-state index is 0.151. The van der Waals surface area contributed by atoms with Gasteiger partial charge in [-0.3, -0.25) is 9.69 Å². The molecule has 0 aliphatic heterocycles. The fraction of sp³-hybridized carbons (Fsp3) is 0.818. The van der Waals surface area contributed by atoms with E-state index in [-0.39, 0.29) is 18.7 Å². The number of nitrogens with one attached hydrogen (secondary N) is 2. The number of carbonyl (C=O) groups is 4. The molecule has 0 spiro atoms. The Balaban J connectivity index is 4.65. The van der Waals surface area contributed by atoms with Gasteiger partial charge in [-0.25, -0.2) is 38.9 Å². The number of carbonyl (C=O) groups excluding carboxylic acids is 6. The third-order valence-corrected chi connectivity index (χ3v) is 7.06. The van der Waals surface area contributed by atoms with Gasteiger partial charge in [-0.1, -0.05) is 38.5 Å². The van der Waals surface area contributed by atoms with Crippen LogP contribution in [0.5, 0.6) is 0 Å². The van der Waals surface area contributed by atoms with Crippen LogP contribution in [0, 0.1) is 0 Å². The van der Waals surface area contributed by atoms with Crippen molar-refractivity contribution < 1.29 is 38.2 Å². The van der Waals surface area contributed by atoms with Crippen molar-refractivity contribution in [3.63, 3.8) is 0 Å². The Labute approximate surface area is 280 Å². The monoisotopic (exact) mass is 666 g/mol. The Morgan fingerprint density at radius 1 is 0.723 bits per heavy atom. The van der Waals surface area contributed by atoms with Crippen LogP contribution in [0.1, 0.15) is 118 Å². The molecule has 0 unspecified atom stereocenters. The van der Waals surface area contributed by atoms with Gasteiger partial charge in [0, 0.05) is 32.6 Å². The number of hydrogen-bond acceptors (Lipinski definition) is 10. The summed E-state index contributed by atoms with van der Waals surface area (Å²) in [7, 11) is 0. The number of urea groups is 2. The van der Waals surface area contributed by atoms with Gasteiger partial charge in [0.1, 0.15) is 5.60 Å². The molecule has 0 aromatic heterocycles. The summed E-state index contributed by atoms with van der Waals surface area (Å²) in [6.07, 6.45) is 12.2. The van der Waals surface area contributed by atoms with Crippen LogP contribution >= 0.6 is 0 Å². The van der Waals surface area contributed by atoms with Crippen LogP contribution in [0.2, 0.25) is 0 Å². The molecule has 0 aromatic carbocycles. The van der Waals surface area contributed by atoms with Crippen molar-refractivity contribution in [2.75, 3.05) is 45.9 Å². The smallest absolute Gasteiger partial charge is 0.407 e. The van der Waals surface area contributed by atoms with E-state index in [0.717, 1.165) is 54.7 Å². The van der Waals surface area contributed by atoms with Crippen LogP contribution in [-0.2, 0) is 23.9 Å². The fourth-order valence-electron chi connectivity index (χ4n) is 4.39. The summed E-state index contributed by atoms with van der Waals surface area (Å²) in [4.78, 5) is 79.7. The molecule has 0 heterocycles. The van der Waals surface area contributed by atoms with Gasteiger partial charge in [0.25, 0.3) is 0 Å². The predicted molar refractivity (Wildman–Crippen MR) is 179 cm³/mol. The summed E-state index contributed by atoms with van der Waals surface area (Å²) in [5.74, 6) is 0. The second-order valence-electron chi connectivity index (χ2n) is 12.9. The first-order chi connectivity index (χ1) is 22.4. The summed E-state index contributed by atoms with van der Waals surface area (Å²) in [6, 6.07) is -1.23. The number of hydrogen-bond donors (Lipinski definition) is 2. The second-order valence-corrected chi connectivity index (χ2v) is 12.9. The van der Waals surface area contributed by atoms with Crippen molar-refractivity contribution >= 4 is 36.7 Å². The topological polar surface area (TPSA) is 176 Å². The van der Waals surface area contributed by atoms with E-state index >= 15 is 0 Å². The van der Waals surface area contributed by atoms with Gasteiger partial charge in [-0.15, -0.1) is 0 Å². The zero-order chi connectivity index (χ0) is 35.4. The van der Waals surface area contributed by atoms with E-state index in [1.54, 1.807) is 0 Å². The number of ether oxygens (including phenoxy) is 2. The molecule has 0 saturated heterocycles. The molecule has 14 heteroatoms. The van der Waals surface area contributed by atoms with Crippen LogP contribution in [0.15, 0.2) is 9.98 Å². The van der Waals surface area contributed by atoms with Crippen LogP contribution < -0.4 is 10.6 Å². The van der Waals surface area contributed by atoms with Crippen LogP contribution in [-0.4, -0.2) is 104 Å². The Kier molecular flexibility index (Phi) is 24.4. The number of unbranched alkanes of at least 4 members (excludes halogenated alkanes) is 9. The molecule has 0 radical (unpaired) electrons. The van der Waals surface area contributed by atoms with E-state index in [4.69, 9.17) is 9.47 Å². The molecule has 0 fully saturated rings. The van der Waals surface area contributed by atoms with E-state index in [9.17, 15) is 28.8 Å². The summed E-state index contributed by atoms with van der Waals surface area (Å²) < 4.78 is 11.2. The summed E-state index contributed by atoms with van der Waals surface area (Å²) in [5, 5.41) is 5.53. The van der Waals surface area contributed by atoms with Crippen LogP contribution in [0.3, 0.4) is 0 Å². The molecule has 268 valence electrons. The van der Waals surface area contributed by atoms with Crippen LogP contribution in [0.25, 0.3) is 0 Å². The highest BCUT2D eigenvalue weighted by Gasteiger charge is 2.26. The number of imide groups is 2. The zero-order valence-electron chi connectivity index (χ0n) is 29.3. The van der Waals surface area contributed by atoms with E-state index in [1.807, 2.05) is 34.6 Å². The Morgan fingerprint density at radius 3 is 1.77 bits per heavy atom. The van der Waals surface area contributed by atoms with Gasteiger partial charge in [0.05, 0.1) is 25.3 Å². The number of alkyl carbamates (subject to hydrolysis) is 1. The van der Waals surface area contributed by atoms with Crippen molar-refractivity contribution in [3.8, 4) is 0 Å². The zero-order valence-corrected chi connectivity index (χ0v) is 29.3. The Hall–Kier alpha value is -3.60. The Morgan fingerprint density at radius 2 is 1.23 bits per heavy atom. The maximum atomic E-state index is 13.2. The number of aliphatic imine (C=N–C) groups is 2. The molecule has 2 N–H and O–H groups in total. The molecule has 47 heavy (non-hydrogen) atoms. The van der Waals surface area contributed by atoms with Crippen molar-refractivity contribution in [1.82, 2.24) is 20.4 Å². The quantitative estimate of drug-likeness (QED) is 0.0516. The lowest BCUT2D eigenvalue weighted by Gasteiger charge is -2.27. The molecular formula is C33H58N6O8. The van der Waals surface area contributed by atoms with Gasteiger partial charge in [0.15, 0.2) is 0 Å². The third-order valence-electron chi connectivity index (χ3n) is 7.06. The van der Waals surface area contributed by atoms with E-state index in [2.05, 4.69) is 20.6 Å². The standard InChI is InChI=1S/C33H58N6O8/c1-32(2,3)46-25-18-33(4,5)47-30(44)37-22-15-9-10-16-23-38(28-42)31(45)39(24-17-11-8-13-20-35-27-41)29(43)36-21-14-7-6-12-19-34-26-40/h28H,6-25H2,1-5H3,(H,36,43)(H,37,44). The molecule has 0 aliphatic carbocycles. The minimum Gasteiger partial charge on any atom is -0.443 e. The second kappa shape index (κ2) is 26.5. The maximum absolute atomic E-state index is 13.2. The minimum atomic E-state index is -0.672. The van der Waals surface area contributed by atoms with Crippen molar-refractivity contribution in [1.29, 1.82) is 0 Å². The fourth-order valence-corrected chi connectivity index (χ4v) is 4.39. The summed E-state index contributed by atoms with van der Waals surface area (Å²) in [5.41, 5.74) is -0.917. The molecule has 0 aliphatic rings. The van der Waals surface area contributed by atoms with Gasteiger partial charge in [-0.05, 0) is 73.1 Å². The average Bonchev–Trinajstić information content (AvgIpc) is 2.99. The normalized spacial score (nSPS) is 11.1. The first-order valence-electron chi connectivity index (χ1n) is 16.9. The highest BCUT2D eigenvalue weighted by Crippen LogP contribution is 2.17. The molecular weight excluding hydrogens is 608 g/mol. The third kappa shape index (κ3) is 25.2. The van der Waals surface area contributed by atoms with Crippen LogP contribution in [0.4, 0.5) is 14.4 Å². The average molecular weight is 667 g/mol. The van der Waals surface area contributed by atoms with Gasteiger partial charge in [-0.2, -0.15) is 0 Å². The number of amides is 6. The van der Waals surface area contributed by atoms with Gasteiger partial charge in [0.2, 0.25) is 18.6 Å². The largest absolute Gasteiger partial charge is 0.443 e. The van der Waals surface area contributed by atoms with Gasteiger partial charge >= 0.3 is 18.2 Å². The SMILES string of the molecule is CC(C)(C)OCCC(C)(C)OC(=O)NCCCCCCN(C=O)C(=O)N(CCCCCCN=C=O)C(=O)NCCCCCCN=C=O. The van der Waals surface area contributed by atoms with Crippen molar-refractivity contribution in [2.24, 2.45) is 9.98 Å². The van der Waals surface area contributed by atoms with Gasteiger partial charge < -0.3 is 20.1 Å². The molecule has 6 amide bonds. The van der Waals surface area contributed by atoms with E-state index in [0.29, 0.717) is 77.7 Å². The number of nitrogens with zero attached hydrogens (tertiary/aromatic N) is 4. The lowest BCUT2D eigenvalue weighted by atomic mass is 10.1. The highest BCUT2D eigenvalue weighted by atomic mass is 16.6. The summed E-state index contributed by atoms with van der Waals surface area (Å²) in [6.45, 7) is 12.0. The molecule has 0 atom stereocenters. The molecule has 0 rings (SSSR count). The first-order valence-corrected chi connectivity index (χ1v) is 16.9. The molecule has 0 saturated carbocycles. The molecule has 14 nitrogen and oxygen atoms in total. The van der Waals surface area contributed by atoms with Crippen molar-refractivity contribution in [2.45, 2.75) is 129 Å². The maximum Gasteiger partial charge on any atom is 0.407 e. The molecule has 0 bridgehead atoms. The Bertz CT molecular complexity index is 1000. The lowest BCUT2D eigenvalue weighted by Crippen LogP contribution is -2.50.